The van der Waals surface area contributed by atoms with Crippen molar-refractivity contribution in [3.05, 3.63) is 47.0 Å². The maximum Gasteiger partial charge on any atom is 0.124 e. The Morgan fingerprint density at radius 3 is 2.06 bits per heavy atom. The lowest BCUT2D eigenvalue weighted by molar-refractivity contribution is 0.408. The highest BCUT2D eigenvalue weighted by atomic mass is 16.5. The van der Waals surface area contributed by atoms with Gasteiger partial charge in [0.05, 0.1) is 7.11 Å². The zero-order chi connectivity index (χ0) is 13.3. The van der Waals surface area contributed by atoms with Gasteiger partial charge in [0.15, 0.2) is 0 Å². The molecule has 0 saturated carbocycles. The molecule has 0 aliphatic rings. The van der Waals surface area contributed by atoms with Crippen molar-refractivity contribution in [2.24, 2.45) is 0 Å². The van der Waals surface area contributed by atoms with Crippen LogP contribution in [0, 0.1) is 20.8 Å². The number of nitrogens with two attached hydrogens (primary N) is 1. The first-order valence-corrected chi connectivity index (χ1v) is 6.04. The third-order valence-corrected chi connectivity index (χ3v) is 3.18. The molecule has 0 heterocycles. The summed E-state index contributed by atoms with van der Waals surface area (Å²) in [5.74, 6) is 0.949. The highest BCUT2D eigenvalue weighted by Crippen LogP contribution is 2.32. The van der Waals surface area contributed by atoms with Gasteiger partial charge in [0.1, 0.15) is 5.75 Å². The van der Waals surface area contributed by atoms with Crippen LogP contribution in [-0.4, -0.2) is 7.11 Å². The SMILES string of the molecule is COc1c(C)cc(-c2ccc(C)cc2N)cc1C. The lowest BCUT2D eigenvalue weighted by Gasteiger charge is -2.13. The fourth-order valence-electron chi connectivity index (χ4n) is 2.37. The van der Waals surface area contributed by atoms with Crippen molar-refractivity contribution in [2.75, 3.05) is 12.8 Å². The van der Waals surface area contributed by atoms with Crippen molar-refractivity contribution in [1.82, 2.24) is 0 Å². The Labute approximate surface area is 108 Å². The van der Waals surface area contributed by atoms with Crippen LogP contribution in [0.4, 0.5) is 5.69 Å². The van der Waals surface area contributed by atoms with Crippen molar-refractivity contribution < 1.29 is 4.74 Å². The van der Waals surface area contributed by atoms with Crippen molar-refractivity contribution in [2.45, 2.75) is 20.8 Å². The maximum absolute atomic E-state index is 6.09. The van der Waals surface area contributed by atoms with E-state index < -0.39 is 0 Å². The first kappa shape index (κ1) is 12.5. The van der Waals surface area contributed by atoms with Crippen molar-refractivity contribution in [1.29, 1.82) is 0 Å². The third-order valence-electron chi connectivity index (χ3n) is 3.18. The number of methoxy groups -OCH3 is 1. The second-order valence-corrected chi connectivity index (χ2v) is 4.73. The van der Waals surface area contributed by atoms with Crippen molar-refractivity contribution in [3.63, 3.8) is 0 Å². The van der Waals surface area contributed by atoms with Gasteiger partial charge in [-0.05, 0) is 61.2 Å². The summed E-state index contributed by atoms with van der Waals surface area (Å²) in [4.78, 5) is 0. The molecule has 0 aromatic heterocycles. The average molecular weight is 241 g/mol. The molecule has 0 bridgehead atoms. The average Bonchev–Trinajstić information content (AvgIpc) is 2.28. The quantitative estimate of drug-likeness (QED) is 0.810. The topological polar surface area (TPSA) is 35.2 Å². The van der Waals surface area contributed by atoms with Crippen LogP contribution in [0.2, 0.25) is 0 Å². The second kappa shape index (κ2) is 4.73. The van der Waals surface area contributed by atoms with E-state index in [1.54, 1.807) is 7.11 Å². The minimum atomic E-state index is 0.818. The predicted molar refractivity (Wildman–Crippen MR) is 77.1 cm³/mol. The van der Waals surface area contributed by atoms with Crippen LogP contribution in [0.5, 0.6) is 5.75 Å². The molecule has 2 aromatic rings. The molecule has 0 radical (unpaired) electrons. The molecule has 2 nitrogen and oxygen atoms in total. The van der Waals surface area contributed by atoms with E-state index in [1.165, 1.54) is 5.56 Å². The minimum Gasteiger partial charge on any atom is -0.496 e. The molecule has 94 valence electrons. The van der Waals surface area contributed by atoms with Gasteiger partial charge in [-0.2, -0.15) is 0 Å². The van der Waals surface area contributed by atoms with Crippen LogP contribution in [0.3, 0.4) is 0 Å². The Morgan fingerprint density at radius 2 is 1.56 bits per heavy atom. The minimum absolute atomic E-state index is 0.818. The Hall–Kier alpha value is -1.96. The van der Waals surface area contributed by atoms with E-state index in [4.69, 9.17) is 10.5 Å². The number of aryl methyl sites for hydroxylation is 3. The summed E-state index contributed by atoms with van der Waals surface area (Å²) < 4.78 is 5.38. The summed E-state index contributed by atoms with van der Waals surface area (Å²) in [5.41, 5.74) is 12.6. The fraction of sp³-hybridized carbons (Fsp3) is 0.250. The number of nitrogen functional groups attached to an aromatic ring is 1. The van der Waals surface area contributed by atoms with Crippen LogP contribution in [0.15, 0.2) is 30.3 Å². The van der Waals surface area contributed by atoms with Crippen LogP contribution in [0.1, 0.15) is 16.7 Å². The molecule has 2 aromatic carbocycles. The number of benzene rings is 2. The van der Waals surface area contributed by atoms with E-state index in [9.17, 15) is 0 Å². The molecule has 2 N–H and O–H groups in total. The van der Waals surface area contributed by atoms with Crippen LogP contribution >= 0.6 is 0 Å². The molecule has 0 unspecified atom stereocenters. The summed E-state index contributed by atoms with van der Waals surface area (Å²) in [6.45, 7) is 6.16. The van der Waals surface area contributed by atoms with Crippen LogP contribution < -0.4 is 10.5 Å². The highest BCUT2D eigenvalue weighted by Gasteiger charge is 2.08. The van der Waals surface area contributed by atoms with E-state index in [-0.39, 0.29) is 0 Å². The highest BCUT2D eigenvalue weighted by molar-refractivity contribution is 5.78. The number of hydrogen-bond acceptors (Lipinski definition) is 2. The summed E-state index contributed by atoms with van der Waals surface area (Å²) in [7, 11) is 1.70. The van der Waals surface area contributed by atoms with Gasteiger partial charge < -0.3 is 10.5 Å². The van der Waals surface area contributed by atoms with Gasteiger partial charge in [-0.3, -0.25) is 0 Å². The molecule has 0 amide bonds. The van der Waals surface area contributed by atoms with Gasteiger partial charge in [0.2, 0.25) is 0 Å². The number of ether oxygens (including phenoxy) is 1. The van der Waals surface area contributed by atoms with E-state index in [1.807, 2.05) is 13.0 Å². The number of rotatable bonds is 2. The van der Waals surface area contributed by atoms with E-state index >= 15 is 0 Å². The second-order valence-electron chi connectivity index (χ2n) is 4.73. The largest absolute Gasteiger partial charge is 0.496 e. The lowest BCUT2D eigenvalue weighted by atomic mass is 9.97. The number of anilines is 1. The van der Waals surface area contributed by atoms with Crippen molar-refractivity contribution in [3.8, 4) is 16.9 Å². The Bertz CT molecular complexity index is 565. The monoisotopic (exact) mass is 241 g/mol. The van der Waals surface area contributed by atoms with E-state index in [0.29, 0.717) is 0 Å². The summed E-state index contributed by atoms with van der Waals surface area (Å²) in [6, 6.07) is 10.4. The molecule has 0 spiro atoms. The van der Waals surface area contributed by atoms with Gasteiger partial charge in [-0.1, -0.05) is 12.1 Å². The molecule has 2 rings (SSSR count). The number of hydrogen-bond donors (Lipinski definition) is 1. The summed E-state index contributed by atoms with van der Waals surface area (Å²) in [5, 5.41) is 0. The van der Waals surface area contributed by atoms with Gasteiger partial charge in [-0.25, -0.2) is 0 Å². The zero-order valence-electron chi connectivity index (χ0n) is 11.4. The van der Waals surface area contributed by atoms with E-state index in [0.717, 1.165) is 33.7 Å². The van der Waals surface area contributed by atoms with Crippen molar-refractivity contribution >= 4 is 5.69 Å². The molecular weight excluding hydrogens is 222 g/mol. The Balaban J connectivity index is 2.58. The van der Waals surface area contributed by atoms with Gasteiger partial charge >= 0.3 is 0 Å². The molecule has 18 heavy (non-hydrogen) atoms. The molecule has 0 saturated heterocycles. The predicted octanol–water partition coefficient (Wildman–Crippen LogP) is 3.87. The van der Waals surface area contributed by atoms with Gasteiger partial charge in [0.25, 0.3) is 0 Å². The lowest BCUT2D eigenvalue weighted by Crippen LogP contribution is -1.95. The maximum atomic E-state index is 6.09. The molecule has 0 fully saturated rings. The third kappa shape index (κ3) is 2.19. The fourth-order valence-corrected chi connectivity index (χ4v) is 2.37. The molecular formula is C16H19NO. The molecule has 2 heteroatoms. The van der Waals surface area contributed by atoms with Gasteiger partial charge in [-0.15, -0.1) is 0 Å². The van der Waals surface area contributed by atoms with E-state index in [2.05, 4.69) is 38.1 Å². The van der Waals surface area contributed by atoms with Crippen LogP contribution in [0.25, 0.3) is 11.1 Å². The molecule has 0 aliphatic carbocycles. The molecule has 0 atom stereocenters. The zero-order valence-corrected chi connectivity index (χ0v) is 11.4. The summed E-state index contributed by atoms with van der Waals surface area (Å²) >= 11 is 0. The first-order valence-electron chi connectivity index (χ1n) is 6.04. The van der Waals surface area contributed by atoms with Gasteiger partial charge in [0, 0.05) is 11.3 Å². The molecule has 0 aliphatic heterocycles. The normalized spacial score (nSPS) is 10.4. The Kier molecular flexibility index (Phi) is 3.28. The standard InChI is InChI=1S/C16H19NO/c1-10-5-6-14(15(17)7-10)13-8-11(2)16(18-4)12(3)9-13/h5-9H,17H2,1-4H3. The summed E-state index contributed by atoms with van der Waals surface area (Å²) in [6.07, 6.45) is 0. The van der Waals surface area contributed by atoms with Crippen LogP contribution in [-0.2, 0) is 0 Å². The Morgan fingerprint density at radius 1 is 0.944 bits per heavy atom. The smallest absolute Gasteiger partial charge is 0.124 e. The first-order chi connectivity index (χ1) is 8.52.